The topological polar surface area (TPSA) is 64.4 Å². The molecule has 0 radical (unpaired) electrons. The average molecular weight is 420 g/mol. The highest BCUT2D eigenvalue weighted by atomic mass is 32.1. The van der Waals surface area contributed by atoms with Crippen molar-refractivity contribution in [2.75, 3.05) is 21.3 Å². The van der Waals surface area contributed by atoms with E-state index < -0.39 is 11.7 Å². The molecule has 0 N–H and O–H groups in total. The van der Waals surface area contributed by atoms with E-state index in [9.17, 15) is 18.4 Å². The second-order valence-electron chi connectivity index (χ2n) is 5.83. The minimum Gasteiger partial charge on any atom is -0.493 e. The van der Waals surface area contributed by atoms with E-state index in [1.165, 1.54) is 27.4 Å². The number of halogens is 3. The molecule has 0 amide bonds. The molecule has 29 heavy (non-hydrogen) atoms. The predicted molar refractivity (Wildman–Crippen MR) is 104 cm³/mol. The molecule has 5 nitrogen and oxygen atoms in total. The van der Waals surface area contributed by atoms with Crippen LogP contribution in [0.3, 0.4) is 0 Å². The Morgan fingerprint density at radius 3 is 2.24 bits per heavy atom. The fourth-order valence-electron chi connectivity index (χ4n) is 2.71. The normalized spacial score (nSPS) is 12.0. The van der Waals surface area contributed by atoms with Gasteiger partial charge in [0.15, 0.2) is 11.5 Å². The van der Waals surface area contributed by atoms with Gasteiger partial charge in [-0.3, -0.25) is 0 Å². The summed E-state index contributed by atoms with van der Waals surface area (Å²) in [5, 5.41) is 9.90. The van der Waals surface area contributed by atoms with E-state index in [1.54, 1.807) is 18.2 Å². The Bertz CT molecular complexity index is 1110. The number of methoxy groups -OCH3 is 3. The van der Waals surface area contributed by atoms with E-state index in [0.29, 0.717) is 32.5 Å². The Morgan fingerprint density at radius 1 is 1.07 bits per heavy atom. The van der Waals surface area contributed by atoms with Gasteiger partial charge in [0.25, 0.3) is 0 Å². The van der Waals surface area contributed by atoms with Gasteiger partial charge in [0.2, 0.25) is 5.75 Å². The van der Waals surface area contributed by atoms with Gasteiger partial charge in [-0.25, -0.2) is 4.98 Å². The van der Waals surface area contributed by atoms with Gasteiger partial charge in [0.05, 0.1) is 42.7 Å². The maximum atomic E-state index is 12.9. The highest BCUT2D eigenvalue weighted by Crippen LogP contribution is 2.39. The third-order valence-corrected chi connectivity index (χ3v) is 5.13. The number of rotatable bonds is 5. The summed E-state index contributed by atoms with van der Waals surface area (Å²) in [6.07, 6.45) is -2.89. The maximum absolute atomic E-state index is 12.9. The first-order valence-electron chi connectivity index (χ1n) is 8.20. The van der Waals surface area contributed by atoms with E-state index in [1.807, 2.05) is 0 Å². The highest BCUT2D eigenvalue weighted by Gasteiger charge is 2.30. The third kappa shape index (κ3) is 4.12. The minimum atomic E-state index is -4.46. The lowest BCUT2D eigenvalue weighted by molar-refractivity contribution is -0.137. The first kappa shape index (κ1) is 20.5. The highest BCUT2D eigenvalue weighted by molar-refractivity contribution is 7.19. The van der Waals surface area contributed by atoms with Gasteiger partial charge in [-0.1, -0.05) is 0 Å². The van der Waals surface area contributed by atoms with Gasteiger partial charge >= 0.3 is 6.18 Å². The predicted octanol–water partition coefficient (Wildman–Crippen LogP) is 5.41. The summed E-state index contributed by atoms with van der Waals surface area (Å²) in [5.41, 5.74) is 0.195. The van der Waals surface area contributed by atoms with Gasteiger partial charge in [-0.15, -0.1) is 11.3 Å². The Balaban J connectivity index is 2.08. The van der Waals surface area contributed by atoms with Crippen molar-refractivity contribution in [3.05, 3.63) is 46.5 Å². The fraction of sp³-hybridized carbons (Fsp3) is 0.200. The first-order valence-corrected chi connectivity index (χ1v) is 9.02. The lowest BCUT2D eigenvalue weighted by Gasteiger charge is -2.12. The molecule has 1 aromatic heterocycles. The Morgan fingerprint density at radius 2 is 1.72 bits per heavy atom. The molecule has 0 unspecified atom stereocenters. The summed E-state index contributed by atoms with van der Waals surface area (Å²) in [4.78, 5) is 4.21. The summed E-state index contributed by atoms with van der Waals surface area (Å²) in [6.45, 7) is 0. The number of fused-ring (bicyclic) bond motifs is 1. The van der Waals surface area contributed by atoms with E-state index in [2.05, 4.69) is 11.1 Å². The first-order chi connectivity index (χ1) is 13.8. The number of nitriles is 1. The van der Waals surface area contributed by atoms with Crippen molar-refractivity contribution in [2.24, 2.45) is 0 Å². The fourth-order valence-corrected chi connectivity index (χ4v) is 3.62. The molecule has 2 aromatic carbocycles. The van der Waals surface area contributed by atoms with Gasteiger partial charge in [-0.2, -0.15) is 18.4 Å². The van der Waals surface area contributed by atoms with Crippen molar-refractivity contribution in [3.63, 3.8) is 0 Å². The lowest BCUT2D eigenvalue weighted by atomic mass is 10.1. The molecule has 3 rings (SSSR count). The average Bonchev–Trinajstić information content (AvgIpc) is 3.13. The van der Waals surface area contributed by atoms with Crippen molar-refractivity contribution >= 4 is 33.2 Å². The summed E-state index contributed by atoms with van der Waals surface area (Å²) in [5.74, 6) is 1.23. The molecule has 0 aliphatic heterocycles. The Hall–Kier alpha value is -3.25. The van der Waals surface area contributed by atoms with Crippen LogP contribution in [0.5, 0.6) is 17.2 Å². The molecular formula is C20H15F3N2O3S. The summed E-state index contributed by atoms with van der Waals surface area (Å²) >= 11 is 1.14. The number of benzene rings is 2. The second kappa shape index (κ2) is 8.01. The molecule has 0 bridgehead atoms. The Labute approximate surface area is 168 Å². The molecule has 0 aliphatic rings. The molecule has 150 valence electrons. The van der Waals surface area contributed by atoms with Crippen LogP contribution >= 0.6 is 11.3 Å². The largest absolute Gasteiger partial charge is 0.493 e. The lowest BCUT2D eigenvalue weighted by Crippen LogP contribution is -2.03. The zero-order chi connectivity index (χ0) is 21.2. The monoisotopic (exact) mass is 420 g/mol. The van der Waals surface area contributed by atoms with Crippen LogP contribution in [0.4, 0.5) is 13.2 Å². The molecule has 0 aliphatic carbocycles. The van der Waals surface area contributed by atoms with Crippen LogP contribution in [0.1, 0.15) is 16.1 Å². The van der Waals surface area contributed by atoms with Crippen molar-refractivity contribution in [1.82, 2.24) is 4.98 Å². The number of thiazole rings is 1. The van der Waals surface area contributed by atoms with Gasteiger partial charge in [0, 0.05) is 0 Å². The quantitative estimate of drug-likeness (QED) is 0.517. The van der Waals surface area contributed by atoms with E-state index in [4.69, 9.17) is 14.2 Å². The van der Waals surface area contributed by atoms with E-state index >= 15 is 0 Å². The molecule has 0 fully saturated rings. The number of nitrogens with zero attached hydrogens (tertiary/aromatic N) is 2. The molecule has 9 heteroatoms. The second-order valence-corrected chi connectivity index (χ2v) is 6.86. The number of allylic oxidation sites excluding steroid dienone is 1. The number of hydrogen-bond donors (Lipinski definition) is 0. The van der Waals surface area contributed by atoms with Crippen LogP contribution in [-0.4, -0.2) is 26.3 Å². The maximum Gasteiger partial charge on any atom is 0.416 e. The summed E-state index contributed by atoms with van der Waals surface area (Å²) in [6, 6.07) is 8.70. The van der Waals surface area contributed by atoms with Crippen LogP contribution in [0.25, 0.3) is 21.9 Å². The van der Waals surface area contributed by atoms with E-state index in [0.717, 1.165) is 23.5 Å². The zero-order valence-corrected chi connectivity index (χ0v) is 16.4. The van der Waals surface area contributed by atoms with Crippen molar-refractivity contribution < 1.29 is 27.4 Å². The van der Waals surface area contributed by atoms with Crippen molar-refractivity contribution in [2.45, 2.75) is 6.18 Å². The number of alkyl halides is 3. The molecule has 0 atom stereocenters. The number of ether oxygens (including phenoxy) is 3. The third-order valence-electron chi connectivity index (χ3n) is 4.06. The van der Waals surface area contributed by atoms with Crippen LogP contribution in [0.2, 0.25) is 0 Å². The standard InChI is InChI=1S/C20H15F3N2O3S/c1-26-15-7-11(8-16(27-2)18(15)28-3)6-12(10-24)19-25-14-9-13(20(21,22)23)4-5-17(14)29-19/h4-9H,1-3H3. The van der Waals surface area contributed by atoms with E-state index in [-0.39, 0.29) is 11.1 Å². The van der Waals surface area contributed by atoms with Gasteiger partial charge < -0.3 is 14.2 Å². The molecule has 3 aromatic rings. The van der Waals surface area contributed by atoms with Crippen LogP contribution in [0.15, 0.2) is 30.3 Å². The zero-order valence-electron chi connectivity index (χ0n) is 15.6. The summed E-state index contributed by atoms with van der Waals surface area (Å²) < 4.78 is 55.2. The van der Waals surface area contributed by atoms with Gasteiger partial charge in [0.1, 0.15) is 11.1 Å². The van der Waals surface area contributed by atoms with Crippen LogP contribution < -0.4 is 14.2 Å². The van der Waals surface area contributed by atoms with Crippen LogP contribution in [0, 0.1) is 11.3 Å². The molecular weight excluding hydrogens is 405 g/mol. The Kier molecular flexibility index (Phi) is 5.66. The van der Waals surface area contributed by atoms with Crippen molar-refractivity contribution in [3.8, 4) is 23.3 Å². The smallest absolute Gasteiger partial charge is 0.416 e. The summed E-state index contributed by atoms with van der Waals surface area (Å²) in [7, 11) is 4.43. The van der Waals surface area contributed by atoms with Crippen LogP contribution in [-0.2, 0) is 6.18 Å². The molecule has 0 saturated heterocycles. The molecule has 1 heterocycles. The molecule has 0 saturated carbocycles. The van der Waals surface area contributed by atoms with Gasteiger partial charge in [-0.05, 0) is 42.0 Å². The minimum absolute atomic E-state index is 0.186. The van der Waals surface area contributed by atoms with Crippen molar-refractivity contribution in [1.29, 1.82) is 5.26 Å². The number of hydrogen-bond acceptors (Lipinski definition) is 6. The molecule has 0 spiro atoms. The SMILES string of the molecule is COc1cc(C=C(C#N)c2nc3cc(C(F)(F)F)ccc3s2)cc(OC)c1OC. The number of aromatic nitrogens is 1.